The summed E-state index contributed by atoms with van der Waals surface area (Å²) in [5.74, 6) is 3.02. The van der Waals surface area contributed by atoms with E-state index in [0.717, 1.165) is 12.2 Å². The molecule has 0 bridgehead atoms. The average molecular weight is 457 g/mol. The normalized spacial score (nSPS) is 23.6. The molecule has 3 aromatic heterocycles. The molecule has 3 atom stereocenters. The van der Waals surface area contributed by atoms with Crippen molar-refractivity contribution < 1.29 is 9.26 Å². The molecule has 1 aromatic carbocycles. The number of fused-ring (bicyclic) bond motifs is 2. The number of anilines is 1. The molecule has 2 fully saturated rings. The first-order valence-electron chi connectivity index (χ1n) is 11.5. The van der Waals surface area contributed by atoms with E-state index in [4.69, 9.17) is 9.26 Å². The molecule has 34 heavy (non-hydrogen) atoms. The summed E-state index contributed by atoms with van der Waals surface area (Å²) in [4.78, 5) is 26.6. The molecule has 1 N–H and O–H groups in total. The molecule has 1 saturated carbocycles. The van der Waals surface area contributed by atoms with Crippen LogP contribution in [0.3, 0.4) is 0 Å². The van der Waals surface area contributed by atoms with Crippen LogP contribution in [0.1, 0.15) is 29.6 Å². The molecule has 10 heteroatoms. The Labute approximate surface area is 194 Å². The van der Waals surface area contributed by atoms with E-state index in [1.807, 2.05) is 6.07 Å². The lowest BCUT2D eigenvalue weighted by atomic mass is 10.0. The first-order chi connectivity index (χ1) is 16.7. The van der Waals surface area contributed by atoms with Crippen molar-refractivity contribution in [2.75, 3.05) is 18.5 Å². The van der Waals surface area contributed by atoms with Crippen molar-refractivity contribution in [2.45, 2.75) is 24.9 Å². The van der Waals surface area contributed by atoms with Crippen molar-refractivity contribution in [2.24, 2.45) is 18.9 Å². The van der Waals surface area contributed by atoms with Crippen LogP contribution in [0.5, 0.6) is 0 Å². The van der Waals surface area contributed by atoms with Crippen molar-refractivity contribution in [3.05, 3.63) is 70.4 Å². The number of aromatic nitrogens is 6. The highest BCUT2D eigenvalue weighted by Crippen LogP contribution is 2.62. The molecule has 172 valence electrons. The van der Waals surface area contributed by atoms with Gasteiger partial charge in [0.05, 0.1) is 19.3 Å². The zero-order valence-corrected chi connectivity index (χ0v) is 18.6. The largest absolute Gasteiger partial charge is 0.377 e. The maximum absolute atomic E-state index is 13.1. The molecule has 0 unspecified atom stereocenters. The number of rotatable bonds is 6. The monoisotopic (exact) mass is 457 g/mol. The molecule has 4 heterocycles. The number of allylic oxidation sites excluding steroid dienone is 2. The second-order valence-electron chi connectivity index (χ2n) is 9.30. The van der Waals surface area contributed by atoms with E-state index in [-0.39, 0.29) is 18.1 Å². The van der Waals surface area contributed by atoms with Crippen molar-refractivity contribution in [3.63, 3.8) is 0 Å². The van der Waals surface area contributed by atoms with Crippen molar-refractivity contribution in [1.29, 1.82) is 0 Å². The van der Waals surface area contributed by atoms with Gasteiger partial charge in [-0.1, -0.05) is 41.6 Å². The number of ether oxygens (including phenoxy) is 1. The highest BCUT2D eigenvalue weighted by atomic mass is 16.5. The second kappa shape index (κ2) is 7.36. The number of nitrogens with zero attached hydrogens (tertiary/aromatic N) is 6. The Bertz CT molecular complexity index is 1480. The fourth-order valence-corrected chi connectivity index (χ4v) is 5.16. The van der Waals surface area contributed by atoms with E-state index in [1.54, 1.807) is 11.6 Å². The Kier molecular flexibility index (Phi) is 4.25. The minimum Gasteiger partial charge on any atom is -0.377 e. The van der Waals surface area contributed by atoms with Gasteiger partial charge in [-0.25, -0.2) is 4.98 Å². The molecule has 3 aliphatic rings. The molecule has 4 aromatic rings. The first kappa shape index (κ1) is 19.7. The molecular weight excluding hydrogens is 434 g/mol. The van der Waals surface area contributed by atoms with Gasteiger partial charge in [0.25, 0.3) is 5.56 Å². The van der Waals surface area contributed by atoms with Crippen molar-refractivity contribution >= 4 is 22.7 Å². The van der Waals surface area contributed by atoms with Gasteiger partial charge in [0.2, 0.25) is 11.8 Å². The van der Waals surface area contributed by atoms with Gasteiger partial charge in [0.1, 0.15) is 12.9 Å². The number of hydrogen-bond acceptors (Lipinski definition) is 8. The Balaban J connectivity index is 1.09. The van der Waals surface area contributed by atoms with Crippen LogP contribution < -0.4 is 10.9 Å². The molecule has 1 aliphatic heterocycles. The summed E-state index contributed by atoms with van der Waals surface area (Å²) >= 11 is 0. The fourth-order valence-electron chi connectivity index (χ4n) is 5.16. The van der Waals surface area contributed by atoms with E-state index in [9.17, 15) is 4.79 Å². The van der Waals surface area contributed by atoms with Crippen LogP contribution in [0.25, 0.3) is 16.7 Å². The number of nitrogens with one attached hydrogen (secondary N) is 1. The second-order valence-corrected chi connectivity index (χ2v) is 9.30. The van der Waals surface area contributed by atoms with Crippen molar-refractivity contribution in [3.8, 4) is 0 Å². The third-order valence-corrected chi connectivity index (χ3v) is 7.14. The van der Waals surface area contributed by atoms with Gasteiger partial charge in [0.15, 0.2) is 17.0 Å². The highest BCUT2D eigenvalue weighted by molar-refractivity contribution is 5.73. The quantitative estimate of drug-likeness (QED) is 0.469. The lowest BCUT2D eigenvalue weighted by Gasteiger charge is -2.27. The Morgan fingerprint density at radius 2 is 2.03 bits per heavy atom. The van der Waals surface area contributed by atoms with Crippen LogP contribution in [0.4, 0.5) is 5.95 Å². The molecule has 2 aliphatic carbocycles. The van der Waals surface area contributed by atoms with Gasteiger partial charge >= 0.3 is 0 Å². The van der Waals surface area contributed by atoms with Gasteiger partial charge in [-0.05, 0) is 29.4 Å². The maximum atomic E-state index is 13.1. The fraction of sp³-hybridized carbons (Fsp3) is 0.375. The van der Waals surface area contributed by atoms with Gasteiger partial charge in [-0.15, -0.1) is 0 Å². The number of benzene rings is 1. The van der Waals surface area contributed by atoms with Crippen LogP contribution >= 0.6 is 0 Å². The van der Waals surface area contributed by atoms with Crippen LogP contribution in [-0.2, 0) is 18.3 Å². The zero-order valence-electron chi connectivity index (χ0n) is 18.6. The standard InChI is InChI=1S/C24H23N7O3/c1-30-20-22(28-24(30)26-15-10-33-11-15)25-12-31(23(20)32)9-18-27-21(29-34-18)19-16-7-14(8-17(16)19)13-5-3-2-4-6-13/h2-7,12,15-17,19H,8-11H2,1H3,(H,26,28)/t16-,17+,19+/m1/s1. The molecule has 7 rings (SSSR count). The molecule has 0 radical (unpaired) electrons. The zero-order chi connectivity index (χ0) is 22.8. The summed E-state index contributed by atoms with van der Waals surface area (Å²) in [5, 5.41) is 7.51. The number of aryl methyl sites for hydroxylation is 1. The third-order valence-electron chi connectivity index (χ3n) is 7.14. The first-order valence-corrected chi connectivity index (χ1v) is 11.5. The van der Waals surface area contributed by atoms with E-state index in [1.165, 1.54) is 22.0 Å². The number of hydrogen-bond donors (Lipinski definition) is 1. The highest BCUT2D eigenvalue weighted by Gasteiger charge is 2.55. The van der Waals surface area contributed by atoms with Crippen molar-refractivity contribution in [1.82, 2.24) is 29.2 Å². The SMILES string of the molecule is Cn1c(NC2COC2)nc2ncn(Cc3nc([C@H]4[C@@H]5C=C(c6ccccc6)C[C@@H]54)no3)c(=O)c21. The third kappa shape index (κ3) is 3.09. The molecule has 10 nitrogen and oxygen atoms in total. The van der Waals surface area contributed by atoms with Gasteiger partial charge < -0.3 is 19.1 Å². The maximum Gasteiger partial charge on any atom is 0.280 e. The summed E-state index contributed by atoms with van der Waals surface area (Å²) in [6.45, 7) is 1.44. The summed E-state index contributed by atoms with van der Waals surface area (Å²) in [5.41, 5.74) is 3.33. The minimum atomic E-state index is -0.198. The van der Waals surface area contributed by atoms with Crippen LogP contribution in [0.2, 0.25) is 0 Å². The minimum absolute atomic E-state index is 0.173. The van der Waals surface area contributed by atoms with Crippen LogP contribution in [0.15, 0.2) is 52.1 Å². The topological polar surface area (TPSA) is 113 Å². The summed E-state index contributed by atoms with van der Waals surface area (Å²) < 4.78 is 13.9. The van der Waals surface area contributed by atoms with E-state index >= 15 is 0 Å². The van der Waals surface area contributed by atoms with Crippen LogP contribution in [-0.4, -0.2) is 48.5 Å². The predicted octanol–water partition coefficient (Wildman–Crippen LogP) is 2.19. The molecular formula is C24H23N7O3. The smallest absolute Gasteiger partial charge is 0.280 e. The lowest BCUT2D eigenvalue weighted by molar-refractivity contribution is 0.0207. The summed E-state index contributed by atoms with van der Waals surface area (Å²) in [7, 11) is 1.80. The summed E-state index contributed by atoms with van der Waals surface area (Å²) in [6.07, 6.45) is 4.87. The Hall–Kier alpha value is -3.79. The predicted molar refractivity (Wildman–Crippen MR) is 123 cm³/mol. The number of imidazole rings is 1. The Morgan fingerprint density at radius 3 is 2.76 bits per heavy atom. The van der Waals surface area contributed by atoms with E-state index in [2.05, 4.69) is 55.8 Å². The van der Waals surface area contributed by atoms with Gasteiger partial charge in [0, 0.05) is 13.0 Å². The van der Waals surface area contributed by atoms with Gasteiger partial charge in [-0.3, -0.25) is 9.36 Å². The average Bonchev–Trinajstić information content (AvgIpc) is 3.21. The summed E-state index contributed by atoms with van der Waals surface area (Å²) in [6, 6.07) is 10.7. The molecule has 1 saturated heterocycles. The molecule has 0 spiro atoms. The van der Waals surface area contributed by atoms with E-state index < -0.39 is 0 Å². The van der Waals surface area contributed by atoms with E-state index in [0.29, 0.717) is 54.0 Å². The van der Waals surface area contributed by atoms with Gasteiger partial charge in [-0.2, -0.15) is 9.97 Å². The Morgan fingerprint density at radius 1 is 1.18 bits per heavy atom. The molecule has 0 amide bonds. The lowest BCUT2D eigenvalue weighted by Crippen LogP contribution is -2.41. The van der Waals surface area contributed by atoms with Crippen LogP contribution in [0, 0.1) is 11.8 Å².